The van der Waals surface area contributed by atoms with Crippen LogP contribution in [0.3, 0.4) is 0 Å². The first-order chi connectivity index (χ1) is 15.6. The first kappa shape index (κ1) is 25.1. The summed E-state index contributed by atoms with van der Waals surface area (Å²) in [5.74, 6) is 0. The molecule has 0 fully saturated rings. The Hall–Kier alpha value is -2.50. The molecule has 0 bridgehead atoms. The van der Waals surface area contributed by atoms with Crippen molar-refractivity contribution in [3.63, 3.8) is 0 Å². The van der Waals surface area contributed by atoms with E-state index in [-0.39, 0.29) is 36.7 Å². The predicted octanol–water partition coefficient (Wildman–Crippen LogP) is 1.66. The van der Waals surface area contributed by atoms with Crippen molar-refractivity contribution in [2.75, 3.05) is 20.7 Å². The number of hydrogen-bond acceptors (Lipinski definition) is 6. The molecule has 0 aliphatic carbocycles. The highest BCUT2D eigenvalue weighted by atomic mass is 35.5. The van der Waals surface area contributed by atoms with Crippen LogP contribution in [0.4, 0.5) is 0 Å². The maximum atomic E-state index is 12.8. The van der Waals surface area contributed by atoms with Crippen LogP contribution in [0.1, 0.15) is 12.5 Å². The third-order valence-corrected chi connectivity index (χ3v) is 7.25. The molecule has 0 saturated carbocycles. The molecule has 33 heavy (non-hydrogen) atoms. The smallest absolute Gasteiger partial charge is 0.317 e. The fraction of sp³-hybridized carbons (Fsp3) is 0.364. The molecule has 2 aromatic carbocycles. The van der Waals surface area contributed by atoms with E-state index in [0.29, 0.717) is 10.5 Å². The van der Waals surface area contributed by atoms with Crippen molar-refractivity contribution in [1.29, 1.82) is 0 Å². The Morgan fingerprint density at radius 3 is 2.27 bits per heavy atom. The number of rotatable bonds is 9. The van der Waals surface area contributed by atoms with Gasteiger partial charge in [-0.2, -0.15) is 0 Å². The van der Waals surface area contributed by atoms with Crippen LogP contribution in [-0.4, -0.2) is 53.8 Å². The lowest BCUT2D eigenvalue weighted by atomic mass is 10.2. The van der Waals surface area contributed by atoms with E-state index in [2.05, 4.69) is 0 Å². The van der Waals surface area contributed by atoms with Gasteiger partial charge in [-0.1, -0.05) is 23.7 Å². The summed E-state index contributed by atoms with van der Waals surface area (Å²) >= 11 is 5.86. The zero-order valence-corrected chi connectivity index (χ0v) is 20.1. The van der Waals surface area contributed by atoms with Gasteiger partial charge < -0.3 is 14.4 Å². The minimum atomic E-state index is -3.77. The molecule has 0 aliphatic rings. The van der Waals surface area contributed by atoms with E-state index in [4.69, 9.17) is 16.3 Å². The predicted molar refractivity (Wildman–Crippen MR) is 126 cm³/mol. The second kappa shape index (κ2) is 10.2. The van der Waals surface area contributed by atoms with Crippen LogP contribution in [0.5, 0.6) is 0 Å². The minimum absolute atomic E-state index is 0.0251. The lowest BCUT2D eigenvalue weighted by molar-refractivity contribution is 0.0204. The number of benzene rings is 2. The Morgan fingerprint density at radius 2 is 1.67 bits per heavy atom. The Kier molecular flexibility index (Phi) is 7.76. The topological polar surface area (TPSA) is 111 Å². The number of nitrogens with zero attached hydrogens (tertiary/aromatic N) is 3. The molecule has 0 amide bonds. The van der Waals surface area contributed by atoms with E-state index in [1.807, 2.05) is 0 Å². The first-order valence-corrected chi connectivity index (χ1v) is 12.1. The molecule has 9 nitrogen and oxygen atoms in total. The SMILES string of the molecule is CCn1c(=O)c(=O)n(C[C@H](O)COCc2ccc(Cl)cc2)c2cc(S(=O)(=O)N(C)C)ccc21. The average molecular weight is 496 g/mol. The van der Waals surface area contributed by atoms with Crippen LogP contribution >= 0.6 is 11.6 Å². The lowest BCUT2D eigenvalue weighted by Gasteiger charge is -2.19. The molecule has 0 unspecified atom stereocenters. The van der Waals surface area contributed by atoms with Gasteiger partial charge in [0.1, 0.15) is 0 Å². The first-order valence-electron chi connectivity index (χ1n) is 10.3. The highest BCUT2D eigenvalue weighted by Gasteiger charge is 2.21. The molecule has 1 N–H and O–H groups in total. The standard InChI is InChI=1S/C22H26ClN3O6S/c1-4-25-19-10-9-18(33(30,31)24(2)3)11-20(19)26(22(29)21(25)28)12-17(27)14-32-13-15-5-7-16(23)8-6-15/h5-11,17,27H,4,12-14H2,1-3H3/t17-/m0/s1. The monoisotopic (exact) mass is 495 g/mol. The van der Waals surface area contributed by atoms with Crippen molar-refractivity contribution in [2.45, 2.75) is 37.6 Å². The number of aromatic nitrogens is 2. The third kappa shape index (κ3) is 5.36. The van der Waals surface area contributed by atoms with E-state index >= 15 is 0 Å². The average Bonchev–Trinajstić information content (AvgIpc) is 2.78. The summed E-state index contributed by atoms with van der Waals surface area (Å²) in [6, 6.07) is 11.3. The third-order valence-electron chi connectivity index (χ3n) is 5.18. The Morgan fingerprint density at radius 1 is 1.03 bits per heavy atom. The number of sulfonamides is 1. The molecule has 3 aromatic rings. The van der Waals surface area contributed by atoms with Gasteiger partial charge in [0.2, 0.25) is 10.0 Å². The van der Waals surface area contributed by atoms with Gasteiger partial charge in [-0.3, -0.25) is 14.2 Å². The fourth-order valence-corrected chi connectivity index (χ4v) is 4.47. The van der Waals surface area contributed by atoms with Gasteiger partial charge in [-0.15, -0.1) is 0 Å². The van der Waals surface area contributed by atoms with Crippen molar-refractivity contribution in [3.8, 4) is 0 Å². The van der Waals surface area contributed by atoms with Gasteiger partial charge in [0.05, 0.1) is 41.8 Å². The van der Waals surface area contributed by atoms with E-state index in [9.17, 15) is 23.1 Å². The van der Waals surface area contributed by atoms with Gasteiger partial charge in [0.25, 0.3) is 0 Å². The summed E-state index contributed by atoms with van der Waals surface area (Å²) in [4.78, 5) is 25.4. The number of aliphatic hydroxyl groups excluding tert-OH is 1. The van der Waals surface area contributed by atoms with Crippen molar-refractivity contribution in [2.24, 2.45) is 0 Å². The lowest BCUT2D eigenvalue weighted by Crippen LogP contribution is -2.43. The van der Waals surface area contributed by atoms with Crippen molar-refractivity contribution in [1.82, 2.24) is 13.4 Å². The molecule has 0 spiro atoms. The second-order valence-electron chi connectivity index (χ2n) is 7.70. The number of fused-ring (bicyclic) bond motifs is 1. The number of ether oxygens (including phenoxy) is 1. The second-order valence-corrected chi connectivity index (χ2v) is 10.3. The molecule has 1 heterocycles. The zero-order valence-electron chi connectivity index (χ0n) is 18.6. The summed E-state index contributed by atoms with van der Waals surface area (Å²) in [7, 11) is -0.962. The molecular formula is C22H26ClN3O6S. The molecule has 0 aliphatic heterocycles. The van der Waals surface area contributed by atoms with Gasteiger partial charge in [0, 0.05) is 25.7 Å². The van der Waals surface area contributed by atoms with Crippen LogP contribution < -0.4 is 11.1 Å². The quantitative estimate of drug-likeness (QED) is 0.452. The minimum Gasteiger partial charge on any atom is -0.389 e. The molecule has 1 atom stereocenters. The number of aliphatic hydroxyl groups is 1. The molecule has 3 rings (SSSR count). The molecule has 1 aromatic heterocycles. The molecule has 178 valence electrons. The number of halogens is 1. The summed E-state index contributed by atoms with van der Waals surface area (Å²) < 4.78 is 34.2. The van der Waals surface area contributed by atoms with Gasteiger partial charge in [-0.25, -0.2) is 12.7 Å². The van der Waals surface area contributed by atoms with Crippen LogP contribution in [0.15, 0.2) is 56.9 Å². The van der Waals surface area contributed by atoms with Crippen molar-refractivity contribution < 1.29 is 18.3 Å². The Labute approximate surface area is 196 Å². The summed E-state index contributed by atoms with van der Waals surface area (Å²) in [6.45, 7) is 1.85. The van der Waals surface area contributed by atoms with Crippen LogP contribution in [0, 0.1) is 0 Å². The van der Waals surface area contributed by atoms with Gasteiger partial charge >= 0.3 is 11.1 Å². The van der Waals surface area contributed by atoms with Crippen molar-refractivity contribution >= 4 is 32.7 Å². The van der Waals surface area contributed by atoms with Gasteiger partial charge in [-0.05, 0) is 42.8 Å². The molecule has 0 radical (unpaired) electrons. The highest BCUT2D eigenvalue weighted by Crippen LogP contribution is 2.20. The zero-order chi connectivity index (χ0) is 24.3. The van der Waals surface area contributed by atoms with E-state index in [1.165, 1.54) is 36.9 Å². The molecule has 0 saturated heterocycles. The van der Waals surface area contributed by atoms with E-state index < -0.39 is 27.2 Å². The normalized spacial score (nSPS) is 13.0. The highest BCUT2D eigenvalue weighted by molar-refractivity contribution is 7.89. The maximum absolute atomic E-state index is 12.8. The van der Waals surface area contributed by atoms with Crippen LogP contribution in [-0.2, 0) is 34.5 Å². The van der Waals surface area contributed by atoms with E-state index in [1.54, 1.807) is 31.2 Å². The number of aryl methyl sites for hydroxylation is 1. The Bertz CT molecular complexity index is 1360. The van der Waals surface area contributed by atoms with Gasteiger partial charge in [0.15, 0.2) is 0 Å². The fourth-order valence-electron chi connectivity index (χ4n) is 3.42. The number of hydrogen-bond donors (Lipinski definition) is 1. The van der Waals surface area contributed by atoms with Crippen LogP contribution in [0.2, 0.25) is 5.02 Å². The largest absolute Gasteiger partial charge is 0.389 e. The summed E-state index contributed by atoms with van der Waals surface area (Å²) in [5, 5.41) is 11.1. The van der Waals surface area contributed by atoms with Crippen LogP contribution in [0.25, 0.3) is 11.0 Å². The van der Waals surface area contributed by atoms with E-state index in [0.717, 1.165) is 14.4 Å². The maximum Gasteiger partial charge on any atom is 0.317 e. The molecular weight excluding hydrogens is 470 g/mol. The Balaban J connectivity index is 1.94. The summed E-state index contributed by atoms with van der Waals surface area (Å²) in [5.41, 5.74) is -0.100. The summed E-state index contributed by atoms with van der Waals surface area (Å²) in [6.07, 6.45) is -1.11. The molecule has 11 heteroatoms. The van der Waals surface area contributed by atoms with Crippen molar-refractivity contribution in [3.05, 3.63) is 73.8 Å².